The summed E-state index contributed by atoms with van der Waals surface area (Å²) in [6.07, 6.45) is 0. The zero-order valence-electron chi connectivity index (χ0n) is 10.5. The van der Waals surface area contributed by atoms with Gasteiger partial charge in [0.2, 0.25) is 5.91 Å². The van der Waals surface area contributed by atoms with Crippen LogP contribution in [0, 0.1) is 12.7 Å². The lowest BCUT2D eigenvalue weighted by atomic mass is 10.3. The van der Waals surface area contributed by atoms with E-state index in [1.165, 1.54) is 24.3 Å². The Hall–Kier alpha value is -2.22. The topological polar surface area (TPSA) is 87.7 Å². The Balaban J connectivity index is 1.93. The number of carbonyl (C=O) groups excluding carboxylic acids is 1. The van der Waals surface area contributed by atoms with E-state index in [2.05, 4.69) is 20.5 Å². The molecule has 0 radical (unpaired) electrons. The highest BCUT2D eigenvalue weighted by Gasteiger charge is 2.08. The Kier molecular flexibility index (Phi) is 4.46. The summed E-state index contributed by atoms with van der Waals surface area (Å²) in [6, 6.07) is 5.45. The molecule has 6 nitrogen and oxygen atoms in total. The number of thioether (sulfide) groups is 1. The summed E-state index contributed by atoms with van der Waals surface area (Å²) in [7, 11) is 0. The number of amides is 1. The number of H-pyrrole nitrogens is 1. The van der Waals surface area contributed by atoms with Gasteiger partial charge in [-0.1, -0.05) is 11.8 Å². The van der Waals surface area contributed by atoms with Gasteiger partial charge in [0.05, 0.1) is 11.4 Å². The maximum atomic E-state index is 12.7. The number of aromatic amines is 1. The number of nitrogens with one attached hydrogen (secondary N) is 2. The third kappa shape index (κ3) is 3.89. The molecule has 0 fully saturated rings. The molecule has 0 aliphatic rings. The van der Waals surface area contributed by atoms with Gasteiger partial charge in [-0.3, -0.25) is 4.79 Å². The van der Waals surface area contributed by atoms with E-state index in [1.54, 1.807) is 6.92 Å². The first kappa shape index (κ1) is 14.2. The molecule has 1 aromatic heterocycles. The maximum Gasteiger partial charge on any atom is 0.362 e. The average Bonchev–Trinajstić information content (AvgIpc) is 2.42. The van der Waals surface area contributed by atoms with Crippen molar-refractivity contribution in [3.8, 4) is 0 Å². The van der Waals surface area contributed by atoms with Crippen molar-refractivity contribution in [2.45, 2.75) is 11.9 Å². The molecular formula is C12H11FN4O2S. The summed E-state index contributed by atoms with van der Waals surface area (Å²) < 4.78 is 12.7. The normalized spacial score (nSPS) is 10.3. The van der Waals surface area contributed by atoms with Crippen molar-refractivity contribution in [2.24, 2.45) is 0 Å². The minimum atomic E-state index is -0.558. The zero-order valence-corrected chi connectivity index (χ0v) is 11.3. The minimum Gasteiger partial charge on any atom is -0.325 e. The number of rotatable bonds is 4. The molecule has 8 heteroatoms. The van der Waals surface area contributed by atoms with Gasteiger partial charge in [-0.05, 0) is 31.2 Å². The highest BCUT2D eigenvalue weighted by Crippen LogP contribution is 2.16. The molecule has 104 valence electrons. The van der Waals surface area contributed by atoms with E-state index in [-0.39, 0.29) is 17.5 Å². The number of hydrogen-bond donors (Lipinski definition) is 2. The van der Waals surface area contributed by atoms with Gasteiger partial charge in [0, 0.05) is 5.69 Å². The van der Waals surface area contributed by atoms with Crippen LogP contribution in [0.1, 0.15) is 5.69 Å². The monoisotopic (exact) mass is 294 g/mol. The van der Waals surface area contributed by atoms with Crippen molar-refractivity contribution in [1.82, 2.24) is 15.2 Å². The number of nitrogens with zero attached hydrogens (tertiary/aromatic N) is 2. The molecule has 0 saturated heterocycles. The van der Waals surface area contributed by atoms with Crippen LogP contribution in [0.3, 0.4) is 0 Å². The number of halogens is 1. The standard InChI is InChI=1S/C12H11FN4O2S/c1-7-11(15-12(19)17-16-7)20-6-10(18)14-9-4-2-8(13)3-5-9/h2-5H,6H2,1H3,(H,14,18)(H,15,17,19). The molecule has 1 aromatic carbocycles. The molecule has 0 bridgehead atoms. The fourth-order valence-corrected chi connectivity index (χ4v) is 2.12. The van der Waals surface area contributed by atoms with Crippen molar-refractivity contribution in [1.29, 1.82) is 0 Å². The van der Waals surface area contributed by atoms with E-state index in [0.29, 0.717) is 16.4 Å². The number of benzene rings is 1. The summed E-state index contributed by atoms with van der Waals surface area (Å²) >= 11 is 1.11. The van der Waals surface area contributed by atoms with Gasteiger partial charge >= 0.3 is 5.69 Å². The second-order valence-corrected chi connectivity index (χ2v) is 4.84. The SMILES string of the molecule is Cc1n[nH]c(=O)nc1SCC(=O)Nc1ccc(F)cc1. The molecule has 0 aliphatic heterocycles. The number of carbonyl (C=O) groups is 1. The quantitative estimate of drug-likeness (QED) is 0.831. The van der Waals surface area contributed by atoms with E-state index in [1.807, 2.05) is 0 Å². The number of aromatic nitrogens is 3. The lowest BCUT2D eigenvalue weighted by Gasteiger charge is -2.05. The lowest BCUT2D eigenvalue weighted by Crippen LogP contribution is -2.17. The Bertz CT molecular complexity index is 672. The molecule has 1 amide bonds. The summed E-state index contributed by atoms with van der Waals surface area (Å²) in [5, 5.41) is 8.98. The van der Waals surface area contributed by atoms with Gasteiger partial charge < -0.3 is 5.32 Å². The maximum absolute atomic E-state index is 12.7. The molecule has 0 unspecified atom stereocenters. The number of hydrogen-bond acceptors (Lipinski definition) is 5. The third-order valence-corrected chi connectivity index (χ3v) is 3.37. The Morgan fingerprint density at radius 3 is 2.80 bits per heavy atom. The van der Waals surface area contributed by atoms with Gasteiger partial charge in [0.15, 0.2) is 0 Å². The minimum absolute atomic E-state index is 0.0797. The summed E-state index contributed by atoms with van der Waals surface area (Å²) in [6.45, 7) is 1.68. The average molecular weight is 294 g/mol. The second-order valence-electron chi connectivity index (χ2n) is 3.87. The first-order valence-electron chi connectivity index (χ1n) is 5.66. The predicted octanol–water partition coefficient (Wildman–Crippen LogP) is 1.34. The summed E-state index contributed by atoms with van der Waals surface area (Å²) in [4.78, 5) is 26.5. The molecule has 0 saturated carbocycles. The van der Waals surface area contributed by atoms with Crippen molar-refractivity contribution >= 4 is 23.4 Å². The van der Waals surface area contributed by atoms with Crippen LogP contribution in [0.25, 0.3) is 0 Å². The molecule has 0 spiro atoms. The molecule has 2 aromatic rings. The third-order valence-electron chi connectivity index (χ3n) is 2.30. The van der Waals surface area contributed by atoms with Crippen molar-refractivity contribution in [3.05, 3.63) is 46.3 Å². The number of anilines is 1. The fraction of sp³-hybridized carbons (Fsp3) is 0.167. The van der Waals surface area contributed by atoms with Gasteiger partial charge in [0.25, 0.3) is 0 Å². The second kappa shape index (κ2) is 6.29. The van der Waals surface area contributed by atoms with Crippen molar-refractivity contribution < 1.29 is 9.18 Å². The van der Waals surface area contributed by atoms with Crippen molar-refractivity contribution in [2.75, 3.05) is 11.1 Å². The molecule has 2 rings (SSSR count). The van der Waals surface area contributed by atoms with Crippen LogP contribution in [0.4, 0.5) is 10.1 Å². The van der Waals surface area contributed by atoms with Gasteiger partial charge in [-0.2, -0.15) is 10.1 Å². The van der Waals surface area contributed by atoms with Gasteiger partial charge in [-0.25, -0.2) is 14.3 Å². The largest absolute Gasteiger partial charge is 0.362 e. The van der Waals surface area contributed by atoms with E-state index >= 15 is 0 Å². The van der Waals surface area contributed by atoms with Crippen LogP contribution < -0.4 is 11.0 Å². The van der Waals surface area contributed by atoms with Crippen LogP contribution in [0.5, 0.6) is 0 Å². The zero-order chi connectivity index (χ0) is 14.5. The van der Waals surface area contributed by atoms with Crippen LogP contribution in [0.15, 0.2) is 34.1 Å². The van der Waals surface area contributed by atoms with Crippen molar-refractivity contribution in [3.63, 3.8) is 0 Å². The van der Waals surface area contributed by atoms with E-state index in [0.717, 1.165) is 11.8 Å². The fourth-order valence-electron chi connectivity index (χ4n) is 1.38. The summed E-state index contributed by atoms with van der Waals surface area (Å²) in [5.74, 6) is -0.564. The Morgan fingerprint density at radius 2 is 2.10 bits per heavy atom. The highest BCUT2D eigenvalue weighted by molar-refractivity contribution is 8.00. The molecule has 0 atom stereocenters. The van der Waals surface area contributed by atoms with E-state index < -0.39 is 5.69 Å². The first-order valence-corrected chi connectivity index (χ1v) is 6.64. The molecule has 1 heterocycles. The van der Waals surface area contributed by atoms with Gasteiger partial charge in [0.1, 0.15) is 10.8 Å². The van der Waals surface area contributed by atoms with Crippen LogP contribution >= 0.6 is 11.8 Å². The molecule has 0 aliphatic carbocycles. The number of aryl methyl sites for hydroxylation is 1. The van der Waals surface area contributed by atoms with Gasteiger partial charge in [-0.15, -0.1) is 0 Å². The van der Waals surface area contributed by atoms with Crippen LogP contribution in [-0.4, -0.2) is 26.8 Å². The predicted molar refractivity (Wildman–Crippen MR) is 73.1 cm³/mol. The van der Waals surface area contributed by atoms with E-state index in [9.17, 15) is 14.0 Å². The highest BCUT2D eigenvalue weighted by atomic mass is 32.2. The molecular weight excluding hydrogens is 283 g/mol. The molecule has 20 heavy (non-hydrogen) atoms. The first-order chi connectivity index (χ1) is 9.54. The lowest BCUT2D eigenvalue weighted by molar-refractivity contribution is -0.113. The Morgan fingerprint density at radius 1 is 1.40 bits per heavy atom. The smallest absolute Gasteiger partial charge is 0.325 e. The van der Waals surface area contributed by atoms with E-state index in [4.69, 9.17) is 0 Å². The van der Waals surface area contributed by atoms with Crippen LogP contribution in [0.2, 0.25) is 0 Å². The Labute approximate surface area is 117 Å². The van der Waals surface area contributed by atoms with Crippen LogP contribution in [-0.2, 0) is 4.79 Å². The summed E-state index contributed by atoms with van der Waals surface area (Å²) in [5.41, 5.74) is 0.493. The molecule has 2 N–H and O–H groups in total.